The Bertz CT molecular complexity index is 889. The zero-order valence-electron chi connectivity index (χ0n) is 17.6. The fourth-order valence-electron chi connectivity index (χ4n) is 2.76. The van der Waals surface area contributed by atoms with Crippen LogP contribution in [0.4, 0.5) is 0 Å². The molecule has 0 aliphatic rings. The number of hydrogen-bond donors (Lipinski definition) is 1. The highest BCUT2D eigenvalue weighted by Gasteiger charge is 2.18. The van der Waals surface area contributed by atoms with Crippen LogP contribution in [-0.2, 0) is 0 Å². The van der Waals surface area contributed by atoms with Crippen LogP contribution in [0.3, 0.4) is 0 Å². The van der Waals surface area contributed by atoms with E-state index < -0.39 is 5.91 Å². The quantitative estimate of drug-likeness (QED) is 0.368. The number of nitrogens with one attached hydrogen (secondary N) is 1. The Morgan fingerprint density at radius 3 is 2.03 bits per heavy atom. The largest absolute Gasteiger partial charge is 0.490 e. The first kappa shape index (κ1) is 23.8. The number of ether oxygens (including phenoxy) is 3. The molecule has 6 nitrogen and oxygen atoms in total. The predicted octanol–water partition coefficient (Wildman–Crippen LogP) is 5.73. The summed E-state index contributed by atoms with van der Waals surface area (Å²) < 4.78 is 17.0. The predicted molar refractivity (Wildman–Crippen MR) is 121 cm³/mol. The summed E-state index contributed by atoms with van der Waals surface area (Å²) >= 11 is 12.2. The summed E-state index contributed by atoms with van der Waals surface area (Å²) in [6.45, 7) is 8.79. The minimum Gasteiger partial charge on any atom is -0.490 e. The molecule has 0 radical (unpaired) electrons. The van der Waals surface area contributed by atoms with Gasteiger partial charge in [-0.05, 0) is 51.5 Å². The van der Waals surface area contributed by atoms with Crippen molar-refractivity contribution in [3.05, 3.63) is 51.5 Å². The lowest BCUT2D eigenvalue weighted by Gasteiger charge is -2.16. The normalized spacial score (nSPS) is 11.2. The Morgan fingerprint density at radius 1 is 0.933 bits per heavy atom. The zero-order chi connectivity index (χ0) is 22.1. The highest BCUT2D eigenvalue weighted by atomic mass is 35.5. The first-order valence-corrected chi connectivity index (χ1v) is 10.6. The summed E-state index contributed by atoms with van der Waals surface area (Å²) in [6.07, 6.45) is 0.569. The smallest absolute Gasteiger partial charge is 0.271 e. The van der Waals surface area contributed by atoms with Crippen molar-refractivity contribution in [2.45, 2.75) is 34.1 Å². The van der Waals surface area contributed by atoms with E-state index in [0.29, 0.717) is 70.4 Å². The minimum atomic E-state index is -0.406. The molecule has 30 heavy (non-hydrogen) atoms. The average Bonchev–Trinajstić information content (AvgIpc) is 2.72. The van der Waals surface area contributed by atoms with E-state index in [9.17, 15) is 4.79 Å². The third-order valence-electron chi connectivity index (χ3n) is 4.04. The third kappa shape index (κ3) is 6.03. The molecule has 1 N–H and O–H groups in total. The molecule has 2 aromatic rings. The van der Waals surface area contributed by atoms with Gasteiger partial charge in [0.25, 0.3) is 5.91 Å². The summed E-state index contributed by atoms with van der Waals surface area (Å²) in [5.74, 6) is 0.950. The Morgan fingerprint density at radius 2 is 1.53 bits per heavy atom. The standard InChI is InChI=1S/C22H26Cl2N2O4/c1-5-18(16-10-9-15(23)13-17(16)24)25-26-22(27)14-11-19(28-6-2)21(30-8-4)20(12-14)29-7-3/h9-13H,5-8H2,1-4H3,(H,26,27)/b25-18+. The van der Waals surface area contributed by atoms with Crippen molar-refractivity contribution in [2.75, 3.05) is 19.8 Å². The molecule has 2 rings (SSSR count). The molecule has 0 bridgehead atoms. The van der Waals surface area contributed by atoms with Gasteiger partial charge in [0.15, 0.2) is 11.5 Å². The molecule has 0 aromatic heterocycles. The van der Waals surface area contributed by atoms with Crippen molar-refractivity contribution in [2.24, 2.45) is 5.10 Å². The molecule has 0 aliphatic carbocycles. The van der Waals surface area contributed by atoms with Gasteiger partial charge < -0.3 is 14.2 Å². The number of hydrazone groups is 1. The van der Waals surface area contributed by atoms with E-state index in [2.05, 4.69) is 10.5 Å². The van der Waals surface area contributed by atoms with Crippen molar-refractivity contribution in [3.8, 4) is 17.2 Å². The zero-order valence-corrected chi connectivity index (χ0v) is 19.1. The number of halogens is 2. The molecule has 0 fully saturated rings. The molecule has 2 aromatic carbocycles. The molecule has 0 saturated carbocycles. The summed E-state index contributed by atoms with van der Waals surface area (Å²) in [5, 5.41) is 5.27. The van der Waals surface area contributed by atoms with Crippen LogP contribution in [0.1, 0.15) is 50.0 Å². The molecule has 0 heterocycles. The maximum absolute atomic E-state index is 12.8. The number of carbonyl (C=O) groups excluding carboxylic acids is 1. The Hall–Kier alpha value is -2.44. The number of carbonyl (C=O) groups is 1. The molecular weight excluding hydrogens is 427 g/mol. The first-order valence-electron chi connectivity index (χ1n) is 9.83. The summed E-state index contributed by atoms with van der Waals surface area (Å²) in [4.78, 5) is 12.8. The van der Waals surface area contributed by atoms with Crippen molar-refractivity contribution in [1.29, 1.82) is 0 Å². The molecule has 0 atom stereocenters. The van der Waals surface area contributed by atoms with Crippen LogP contribution < -0.4 is 19.6 Å². The van der Waals surface area contributed by atoms with Gasteiger partial charge in [-0.3, -0.25) is 4.79 Å². The number of hydrogen-bond acceptors (Lipinski definition) is 5. The lowest BCUT2D eigenvalue weighted by molar-refractivity contribution is 0.0953. The SMILES string of the molecule is CCOc1cc(C(=O)N/N=C(\CC)c2ccc(Cl)cc2Cl)cc(OCC)c1OCC. The van der Waals surface area contributed by atoms with E-state index in [1.807, 2.05) is 27.7 Å². The van der Waals surface area contributed by atoms with E-state index >= 15 is 0 Å². The lowest BCUT2D eigenvalue weighted by Crippen LogP contribution is -2.20. The van der Waals surface area contributed by atoms with E-state index in [0.717, 1.165) is 0 Å². The molecule has 0 aliphatic heterocycles. The molecule has 162 valence electrons. The van der Waals surface area contributed by atoms with Gasteiger partial charge in [0.05, 0.1) is 30.6 Å². The van der Waals surface area contributed by atoms with Crippen molar-refractivity contribution < 1.29 is 19.0 Å². The Labute approximate surface area is 187 Å². The topological polar surface area (TPSA) is 69.2 Å². The van der Waals surface area contributed by atoms with Gasteiger partial charge in [0, 0.05) is 16.1 Å². The maximum Gasteiger partial charge on any atom is 0.271 e. The Kier molecular flexibility index (Phi) is 9.27. The van der Waals surface area contributed by atoms with E-state index in [-0.39, 0.29) is 0 Å². The fraction of sp³-hybridized carbons (Fsp3) is 0.364. The molecule has 0 spiro atoms. The van der Waals surface area contributed by atoms with Crippen molar-refractivity contribution in [1.82, 2.24) is 5.43 Å². The van der Waals surface area contributed by atoms with Crippen LogP contribution in [0.25, 0.3) is 0 Å². The highest BCUT2D eigenvalue weighted by molar-refractivity contribution is 6.37. The summed E-state index contributed by atoms with van der Waals surface area (Å²) in [7, 11) is 0. The second-order valence-electron chi connectivity index (χ2n) is 6.08. The molecule has 0 unspecified atom stereocenters. The second kappa shape index (κ2) is 11.7. The van der Waals surface area contributed by atoms with E-state index in [4.69, 9.17) is 37.4 Å². The molecule has 0 saturated heterocycles. The van der Waals surface area contributed by atoms with Crippen LogP contribution >= 0.6 is 23.2 Å². The van der Waals surface area contributed by atoms with Gasteiger partial charge in [-0.1, -0.05) is 36.2 Å². The van der Waals surface area contributed by atoms with Gasteiger partial charge in [0.1, 0.15) is 0 Å². The summed E-state index contributed by atoms with van der Waals surface area (Å²) in [6, 6.07) is 8.37. The van der Waals surface area contributed by atoms with Gasteiger partial charge in [0.2, 0.25) is 5.75 Å². The third-order valence-corrected chi connectivity index (χ3v) is 4.59. The fourth-order valence-corrected chi connectivity index (χ4v) is 3.27. The van der Waals surface area contributed by atoms with E-state index in [1.54, 1.807) is 30.3 Å². The first-order chi connectivity index (χ1) is 14.4. The summed E-state index contributed by atoms with van der Waals surface area (Å²) in [5.41, 5.74) is 4.26. The average molecular weight is 453 g/mol. The maximum atomic E-state index is 12.8. The van der Waals surface area contributed by atoms with Gasteiger partial charge in [-0.15, -0.1) is 0 Å². The second-order valence-corrected chi connectivity index (χ2v) is 6.92. The van der Waals surface area contributed by atoms with E-state index in [1.165, 1.54) is 0 Å². The molecule has 8 heteroatoms. The van der Waals surface area contributed by atoms with Crippen molar-refractivity contribution >= 4 is 34.8 Å². The number of benzene rings is 2. The van der Waals surface area contributed by atoms with Crippen molar-refractivity contribution in [3.63, 3.8) is 0 Å². The number of nitrogens with zero attached hydrogens (tertiary/aromatic N) is 1. The minimum absolute atomic E-state index is 0.340. The monoisotopic (exact) mass is 452 g/mol. The van der Waals surface area contributed by atoms with Crippen LogP contribution in [-0.4, -0.2) is 31.4 Å². The number of amides is 1. The highest BCUT2D eigenvalue weighted by Crippen LogP contribution is 2.39. The number of rotatable bonds is 10. The van der Waals surface area contributed by atoms with Crippen LogP contribution in [0, 0.1) is 0 Å². The van der Waals surface area contributed by atoms with Gasteiger partial charge >= 0.3 is 0 Å². The molecule has 1 amide bonds. The van der Waals surface area contributed by atoms with Crippen LogP contribution in [0.15, 0.2) is 35.4 Å². The van der Waals surface area contributed by atoms with Gasteiger partial charge in [-0.2, -0.15) is 5.10 Å². The van der Waals surface area contributed by atoms with Gasteiger partial charge in [-0.25, -0.2) is 5.43 Å². The Balaban J connectivity index is 2.35. The molecular formula is C22H26Cl2N2O4. The lowest BCUT2D eigenvalue weighted by atomic mass is 10.1. The van der Waals surface area contributed by atoms with Crippen LogP contribution in [0.2, 0.25) is 10.0 Å². The van der Waals surface area contributed by atoms with Crippen LogP contribution in [0.5, 0.6) is 17.2 Å².